The molecule has 0 amide bonds. The van der Waals surface area contributed by atoms with E-state index in [2.05, 4.69) is 9.98 Å². The van der Waals surface area contributed by atoms with Crippen molar-refractivity contribution in [3.63, 3.8) is 0 Å². The Hall–Kier alpha value is -1.54. The first kappa shape index (κ1) is 7.57. The van der Waals surface area contributed by atoms with Gasteiger partial charge in [0.25, 0.3) is 0 Å². The molecule has 0 saturated carbocycles. The molecule has 0 atom stereocenters. The highest BCUT2D eigenvalue weighted by molar-refractivity contribution is 5.33. The van der Waals surface area contributed by atoms with Crippen LogP contribution in [-0.4, -0.2) is 11.1 Å². The van der Waals surface area contributed by atoms with Gasteiger partial charge in [-0.25, -0.2) is 14.2 Å². The molecule has 0 fully saturated rings. The summed E-state index contributed by atoms with van der Waals surface area (Å²) in [6, 6.07) is 1.47. The monoisotopic (exact) mass is 152 g/mol. The molecule has 11 heavy (non-hydrogen) atoms. The van der Waals surface area contributed by atoms with E-state index in [0.29, 0.717) is 5.56 Å². The van der Waals surface area contributed by atoms with Gasteiger partial charge in [-0.05, 0) is 6.07 Å². The van der Waals surface area contributed by atoms with Gasteiger partial charge >= 0.3 is 0 Å². The van der Waals surface area contributed by atoms with Crippen LogP contribution < -0.4 is 0 Å². The first-order chi connectivity index (χ1) is 5.34. The van der Waals surface area contributed by atoms with Crippen LogP contribution >= 0.6 is 0 Å². The lowest BCUT2D eigenvalue weighted by molar-refractivity contribution is 0.561. The second-order valence-corrected chi connectivity index (χ2v) is 1.87. The summed E-state index contributed by atoms with van der Waals surface area (Å²) < 4.78 is 12.7. The molecular weight excluding hydrogens is 147 g/mol. The fourth-order valence-electron chi connectivity index (χ4n) is 0.650. The summed E-state index contributed by atoms with van der Waals surface area (Å²) in [5, 5.41) is 0. The Morgan fingerprint density at radius 1 is 1.73 bits per heavy atom. The molecule has 0 radical (unpaired) electrons. The molecule has 0 unspecified atom stereocenters. The number of hydrogen-bond donors (Lipinski definition) is 0. The predicted octanol–water partition coefficient (Wildman–Crippen LogP) is 1.06. The van der Waals surface area contributed by atoms with Crippen molar-refractivity contribution in [2.45, 2.75) is 6.54 Å². The molecule has 0 N–H and O–H groups in total. The molecule has 1 aromatic heterocycles. The van der Waals surface area contributed by atoms with Gasteiger partial charge in [-0.15, -0.1) is 0 Å². The second kappa shape index (κ2) is 3.58. The first-order valence-electron chi connectivity index (χ1n) is 2.96. The van der Waals surface area contributed by atoms with E-state index >= 15 is 0 Å². The zero-order chi connectivity index (χ0) is 8.10. The Morgan fingerprint density at radius 2 is 2.55 bits per heavy atom. The van der Waals surface area contributed by atoms with Crippen LogP contribution in [0.5, 0.6) is 0 Å². The third-order valence-electron chi connectivity index (χ3n) is 1.17. The molecule has 0 aliphatic carbocycles. The zero-order valence-corrected chi connectivity index (χ0v) is 5.62. The lowest BCUT2D eigenvalue weighted by Crippen LogP contribution is -1.88. The van der Waals surface area contributed by atoms with Gasteiger partial charge in [0.2, 0.25) is 6.08 Å². The van der Waals surface area contributed by atoms with Crippen LogP contribution in [0.1, 0.15) is 5.56 Å². The van der Waals surface area contributed by atoms with Crippen LogP contribution in [-0.2, 0) is 11.3 Å². The van der Waals surface area contributed by atoms with Gasteiger partial charge in [0.15, 0.2) is 0 Å². The Labute approximate surface area is 62.6 Å². The number of aromatic nitrogens is 1. The summed E-state index contributed by atoms with van der Waals surface area (Å²) in [6.45, 7) is 0.0256. The molecule has 1 aromatic rings. The number of aliphatic imine (C=N–C) groups is 1. The maximum absolute atomic E-state index is 12.7. The summed E-state index contributed by atoms with van der Waals surface area (Å²) in [4.78, 5) is 16.4. The third-order valence-corrected chi connectivity index (χ3v) is 1.17. The minimum absolute atomic E-state index is 0.0256. The van der Waals surface area contributed by atoms with Crippen molar-refractivity contribution in [2.75, 3.05) is 0 Å². The van der Waals surface area contributed by atoms with Crippen molar-refractivity contribution in [3.8, 4) is 0 Å². The van der Waals surface area contributed by atoms with E-state index < -0.39 is 5.82 Å². The van der Waals surface area contributed by atoms with E-state index in [1.165, 1.54) is 18.3 Å². The predicted molar refractivity (Wildman–Crippen MR) is 36.0 cm³/mol. The zero-order valence-electron chi connectivity index (χ0n) is 5.62. The Balaban J connectivity index is 2.85. The number of isocyanates is 1. The maximum atomic E-state index is 12.7. The second-order valence-electron chi connectivity index (χ2n) is 1.87. The average molecular weight is 152 g/mol. The SMILES string of the molecule is O=C=NCc1ccncc1F. The molecule has 1 rings (SSSR count). The van der Waals surface area contributed by atoms with Crippen LogP contribution in [0, 0.1) is 5.82 Å². The number of pyridine rings is 1. The molecule has 0 bridgehead atoms. The van der Waals surface area contributed by atoms with Gasteiger partial charge in [0.1, 0.15) is 5.82 Å². The number of nitrogens with zero attached hydrogens (tertiary/aromatic N) is 2. The minimum Gasteiger partial charge on any atom is -0.262 e. The molecule has 3 nitrogen and oxygen atoms in total. The van der Waals surface area contributed by atoms with E-state index in [-0.39, 0.29) is 6.54 Å². The molecule has 0 aliphatic heterocycles. The summed E-state index contributed by atoms with van der Waals surface area (Å²) in [5.41, 5.74) is 0.350. The van der Waals surface area contributed by atoms with Gasteiger partial charge in [0, 0.05) is 11.8 Å². The normalized spacial score (nSPS) is 8.82. The van der Waals surface area contributed by atoms with Crippen LogP contribution in [0.15, 0.2) is 23.5 Å². The maximum Gasteiger partial charge on any atom is 0.235 e. The summed E-state index contributed by atoms with van der Waals surface area (Å²) in [6.07, 6.45) is 3.85. The minimum atomic E-state index is -0.452. The molecule has 0 saturated heterocycles. The van der Waals surface area contributed by atoms with Gasteiger partial charge in [0.05, 0.1) is 12.7 Å². The summed E-state index contributed by atoms with van der Waals surface area (Å²) in [7, 11) is 0. The van der Waals surface area contributed by atoms with Gasteiger partial charge in [-0.3, -0.25) is 4.98 Å². The lowest BCUT2D eigenvalue weighted by Gasteiger charge is -1.93. The van der Waals surface area contributed by atoms with Crippen molar-refractivity contribution < 1.29 is 9.18 Å². The first-order valence-corrected chi connectivity index (χ1v) is 2.96. The Morgan fingerprint density at radius 3 is 3.18 bits per heavy atom. The quantitative estimate of drug-likeness (QED) is 0.469. The van der Waals surface area contributed by atoms with Crippen LogP contribution in [0.2, 0.25) is 0 Å². The molecular formula is C7H5FN2O. The smallest absolute Gasteiger partial charge is 0.235 e. The summed E-state index contributed by atoms with van der Waals surface area (Å²) in [5.74, 6) is -0.452. The highest BCUT2D eigenvalue weighted by atomic mass is 19.1. The van der Waals surface area contributed by atoms with Gasteiger partial charge < -0.3 is 0 Å². The van der Waals surface area contributed by atoms with Crippen molar-refractivity contribution in [2.24, 2.45) is 4.99 Å². The van der Waals surface area contributed by atoms with Crippen LogP contribution in [0.25, 0.3) is 0 Å². The largest absolute Gasteiger partial charge is 0.262 e. The van der Waals surface area contributed by atoms with E-state index in [1.54, 1.807) is 0 Å². The topological polar surface area (TPSA) is 42.3 Å². The molecule has 4 heteroatoms. The molecule has 56 valence electrons. The lowest BCUT2D eigenvalue weighted by atomic mass is 10.2. The molecule has 0 aliphatic rings. The van der Waals surface area contributed by atoms with Gasteiger partial charge in [-0.1, -0.05) is 0 Å². The van der Waals surface area contributed by atoms with E-state index in [0.717, 1.165) is 6.20 Å². The van der Waals surface area contributed by atoms with E-state index in [9.17, 15) is 9.18 Å². The molecule has 0 spiro atoms. The molecule has 1 heterocycles. The van der Waals surface area contributed by atoms with E-state index in [1.807, 2.05) is 0 Å². The van der Waals surface area contributed by atoms with Crippen LogP contribution in [0.4, 0.5) is 4.39 Å². The Kier molecular flexibility index (Phi) is 2.47. The number of rotatable bonds is 2. The standard InChI is InChI=1S/C7H5FN2O/c8-7-4-9-2-1-6(7)3-10-5-11/h1-2,4H,3H2. The average Bonchev–Trinajstić information content (AvgIpc) is 2.03. The number of carbonyl (C=O) groups excluding carboxylic acids is 1. The fourth-order valence-corrected chi connectivity index (χ4v) is 0.650. The third kappa shape index (κ3) is 1.95. The fraction of sp³-hybridized carbons (Fsp3) is 0.143. The van der Waals surface area contributed by atoms with E-state index in [4.69, 9.17) is 0 Å². The van der Waals surface area contributed by atoms with Crippen molar-refractivity contribution >= 4 is 6.08 Å². The van der Waals surface area contributed by atoms with Gasteiger partial charge in [-0.2, -0.15) is 0 Å². The number of halogens is 1. The van der Waals surface area contributed by atoms with Crippen molar-refractivity contribution in [1.29, 1.82) is 0 Å². The Bertz CT molecular complexity index is 294. The highest BCUT2D eigenvalue weighted by Crippen LogP contribution is 2.04. The highest BCUT2D eigenvalue weighted by Gasteiger charge is 1.97. The summed E-state index contributed by atoms with van der Waals surface area (Å²) >= 11 is 0. The number of hydrogen-bond acceptors (Lipinski definition) is 3. The molecule has 0 aromatic carbocycles. The van der Waals surface area contributed by atoms with Crippen LogP contribution in [0.3, 0.4) is 0 Å². The van der Waals surface area contributed by atoms with Crippen molar-refractivity contribution in [3.05, 3.63) is 29.8 Å². The van der Waals surface area contributed by atoms with Crippen molar-refractivity contribution in [1.82, 2.24) is 4.98 Å².